The van der Waals surface area contributed by atoms with Crippen molar-refractivity contribution in [1.29, 1.82) is 0 Å². The van der Waals surface area contributed by atoms with Gasteiger partial charge in [0, 0.05) is 6.42 Å². The number of nitrogens with zero attached hydrogens (tertiary/aromatic N) is 2. The zero-order chi connectivity index (χ0) is 14.9. The maximum absolute atomic E-state index is 6.32. The number of benzene rings is 1. The van der Waals surface area contributed by atoms with E-state index < -0.39 is 5.54 Å². The molecule has 1 aliphatic carbocycles. The molecule has 0 unspecified atom stereocenters. The molecule has 1 aromatic heterocycles. The van der Waals surface area contributed by atoms with E-state index in [0.717, 1.165) is 37.7 Å². The highest BCUT2D eigenvalue weighted by atomic mass is 35.5. The molecule has 112 valence electrons. The second-order valence-corrected chi connectivity index (χ2v) is 6.44. The lowest BCUT2D eigenvalue weighted by atomic mass is 9.99. The first-order valence-electron chi connectivity index (χ1n) is 7.13. The van der Waals surface area contributed by atoms with E-state index in [0.29, 0.717) is 28.2 Å². The van der Waals surface area contributed by atoms with Gasteiger partial charge in [-0.2, -0.15) is 4.98 Å². The first-order chi connectivity index (χ1) is 10.1. The molecule has 1 heterocycles. The summed E-state index contributed by atoms with van der Waals surface area (Å²) in [5.74, 6) is 1.26. The van der Waals surface area contributed by atoms with Crippen LogP contribution in [0.1, 0.15) is 43.0 Å². The van der Waals surface area contributed by atoms with Crippen LogP contribution in [0, 0.1) is 0 Å². The standard InChI is InChI=1S/C15H17Cl2N3O/c16-11-5-3-10(9-12(11)17)4-6-13-19-14(20-21-13)15(18)7-1-2-8-15/h3,5,9H,1-2,4,6-8,18H2. The molecule has 0 bridgehead atoms. The fourth-order valence-corrected chi connectivity index (χ4v) is 3.06. The van der Waals surface area contributed by atoms with Crippen LogP contribution in [0.2, 0.25) is 10.0 Å². The smallest absolute Gasteiger partial charge is 0.227 e. The van der Waals surface area contributed by atoms with Crippen molar-refractivity contribution in [2.24, 2.45) is 5.73 Å². The minimum Gasteiger partial charge on any atom is -0.339 e. The third kappa shape index (κ3) is 3.23. The van der Waals surface area contributed by atoms with Gasteiger partial charge < -0.3 is 10.3 Å². The van der Waals surface area contributed by atoms with E-state index in [1.165, 1.54) is 0 Å². The molecule has 4 nitrogen and oxygen atoms in total. The van der Waals surface area contributed by atoms with Gasteiger partial charge in [0.25, 0.3) is 0 Å². The number of rotatable bonds is 4. The van der Waals surface area contributed by atoms with Gasteiger partial charge in [0.2, 0.25) is 5.89 Å². The summed E-state index contributed by atoms with van der Waals surface area (Å²) in [4.78, 5) is 4.46. The highest BCUT2D eigenvalue weighted by Crippen LogP contribution is 2.34. The Bertz CT molecular complexity index is 636. The average molecular weight is 326 g/mol. The second kappa shape index (κ2) is 5.95. The molecule has 1 saturated carbocycles. The summed E-state index contributed by atoms with van der Waals surface area (Å²) >= 11 is 11.9. The topological polar surface area (TPSA) is 64.9 Å². The van der Waals surface area contributed by atoms with Crippen LogP contribution in [0.4, 0.5) is 0 Å². The van der Waals surface area contributed by atoms with Crippen LogP contribution in [0.15, 0.2) is 22.7 Å². The van der Waals surface area contributed by atoms with Crippen molar-refractivity contribution < 1.29 is 4.52 Å². The minimum absolute atomic E-state index is 0.397. The molecule has 2 aromatic rings. The third-order valence-corrected chi connectivity index (χ3v) is 4.76. The van der Waals surface area contributed by atoms with Gasteiger partial charge in [0.1, 0.15) is 0 Å². The number of aryl methyl sites for hydroxylation is 2. The summed E-state index contributed by atoms with van der Waals surface area (Å²) in [6.07, 6.45) is 5.56. The molecule has 0 spiro atoms. The molecule has 0 saturated heterocycles. The van der Waals surface area contributed by atoms with Crippen molar-refractivity contribution in [1.82, 2.24) is 10.1 Å². The predicted molar refractivity (Wildman–Crippen MR) is 82.5 cm³/mol. The first-order valence-corrected chi connectivity index (χ1v) is 7.88. The molecule has 1 aliphatic rings. The van der Waals surface area contributed by atoms with Crippen molar-refractivity contribution >= 4 is 23.2 Å². The lowest BCUT2D eigenvalue weighted by Gasteiger charge is -2.17. The average Bonchev–Trinajstić information content (AvgIpc) is 3.10. The summed E-state index contributed by atoms with van der Waals surface area (Å²) in [7, 11) is 0. The van der Waals surface area contributed by atoms with E-state index in [9.17, 15) is 0 Å². The highest BCUT2D eigenvalue weighted by molar-refractivity contribution is 6.42. The van der Waals surface area contributed by atoms with Crippen molar-refractivity contribution in [2.75, 3.05) is 0 Å². The van der Waals surface area contributed by atoms with E-state index in [1.54, 1.807) is 6.07 Å². The minimum atomic E-state index is -0.397. The molecular weight excluding hydrogens is 309 g/mol. The zero-order valence-corrected chi connectivity index (χ0v) is 13.1. The maximum Gasteiger partial charge on any atom is 0.227 e. The Labute approximate surface area is 133 Å². The van der Waals surface area contributed by atoms with E-state index in [4.69, 9.17) is 33.5 Å². The summed E-state index contributed by atoms with van der Waals surface area (Å²) in [5.41, 5.74) is 7.01. The number of hydrogen-bond acceptors (Lipinski definition) is 4. The van der Waals surface area contributed by atoms with Crippen LogP contribution >= 0.6 is 23.2 Å². The molecule has 1 aromatic carbocycles. The van der Waals surface area contributed by atoms with Crippen molar-refractivity contribution in [3.8, 4) is 0 Å². The monoisotopic (exact) mass is 325 g/mol. The first kappa shape index (κ1) is 14.8. The van der Waals surface area contributed by atoms with Crippen molar-refractivity contribution in [3.05, 3.63) is 45.5 Å². The number of nitrogens with two attached hydrogens (primary N) is 1. The molecule has 0 aliphatic heterocycles. The van der Waals surface area contributed by atoms with Gasteiger partial charge in [-0.15, -0.1) is 0 Å². The maximum atomic E-state index is 6.32. The van der Waals surface area contributed by atoms with E-state index in [-0.39, 0.29) is 0 Å². The van der Waals surface area contributed by atoms with Crippen LogP contribution in [0.25, 0.3) is 0 Å². The van der Waals surface area contributed by atoms with Crippen molar-refractivity contribution in [2.45, 2.75) is 44.1 Å². The molecular formula is C15H17Cl2N3O. The van der Waals surface area contributed by atoms with Crippen LogP contribution in [0.5, 0.6) is 0 Å². The van der Waals surface area contributed by atoms with Gasteiger partial charge in [0.15, 0.2) is 5.82 Å². The second-order valence-electron chi connectivity index (χ2n) is 5.62. The largest absolute Gasteiger partial charge is 0.339 e. The lowest BCUT2D eigenvalue weighted by Crippen LogP contribution is -2.34. The Morgan fingerprint density at radius 1 is 1.14 bits per heavy atom. The van der Waals surface area contributed by atoms with Crippen molar-refractivity contribution in [3.63, 3.8) is 0 Å². The van der Waals surface area contributed by atoms with Crippen LogP contribution in [-0.2, 0) is 18.4 Å². The van der Waals surface area contributed by atoms with Crippen LogP contribution in [-0.4, -0.2) is 10.1 Å². The summed E-state index contributed by atoms with van der Waals surface area (Å²) in [5, 5.41) is 5.18. The molecule has 0 atom stereocenters. The molecule has 6 heteroatoms. The Hall–Kier alpha value is -1.10. The predicted octanol–water partition coefficient (Wildman–Crippen LogP) is 3.89. The third-order valence-electron chi connectivity index (χ3n) is 4.02. The molecule has 0 amide bonds. The van der Waals surface area contributed by atoms with Gasteiger partial charge in [0.05, 0.1) is 15.6 Å². The molecule has 2 N–H and O–H groups in total. The zero-order valence-electron chi connectivity index (χ0n) is 11.6. The summed E-state index contributed by atoms with van der Waals surface area (Å²) < 4.78 is 5.32. The molecule has 3 rings (SSSR count). The van der Waals surface area contributed by atoms with Gasteiger partial charge in [-0.3, -0.25) is 0 Å². The Morgan fingerprint density at radius 3 is 2.62 bits per heavy atom. The number of hydrogen-bond donors (Lipinski definition) is 1. The number of halogens is 2. The summed E-state index contributed by atoms with van der Waals surface area (Å²) in [6.45, 7) is 0. The summed E-state index contributed by atoms with van der Waals surface area (Å²) in [6, 6.07) is 5.61. The SMILES string of the molecule is NC1(c2noc(CCc3ccc(Cl)c(Cl)c3)n2)CCCC1. The molecule has 1 fully saturated rings. The van der Waals surface area contributed by atoms with E-state index in [2.05, 4.69) is 10.1 Å². The Morgan fingerprint density at radius 2 is 1.90 bits per heavy atom. The van der Waals surface area contributed by atoms with E-state index >= 15 is 0 Å². The quantitative estimate of drug-likeness (QED) is 0.926. The fourth-order valence-electron chi connectivity index (χ4n) is 2.73. The van der Waals surface area contributed by atoms with Gasteiger partial charge in [-0.05, 0) is 37.0 Å². The number of aromatic nitrogens is 2. The fraction of sp³-hybridized carbons (Fsp3) is 0.467. The van der Waals surface area contributed by atoms with Gasteiger partial charge >= 0.3 is 0 Å². The van der Waals surface area contributed by atoms with E-state index in [1.807, 2.05) is 12.1 Å². The Balaban J connectivity index is 1.66. The van der Waals surface area contributed by atoms with Gasteiger partial charge in [-0.1, -0.05) is 47.3 Å². The Kier molecular flexibility index (Phi) is 4.20. The lowest BCUT2D eigenvalue weighted by molar-refractivity contribution is 0.348. The molecule has 21 heavy (non-hydrogen) atoms. The molecule has 0 radical (unpaired) electrons. The van der Waals surface area contributed by atoms with Crippen LogP contribution < -0.4 is 5.73 Å². The van der Waals surface area contributed by atoms with Crippen LogP contribution in [0.3, 0.4) is 0 Å². The highest BCUT2D eigenvalue weighted by Gasteiger charge is 2.35. The normalized spacial score (nSPS) is 17.3. The van der Waals surface area contributed by atoms with Gasteiger partial charge in [-0.25, -0.2) is 0 Å².